The zero-order valence-corrected chi connectivity index (χ0v) is 12.3. The molecular weight excluding hydrogens is 240 g/mol. The Morgan fingerprint density at radius 3 is 2.68 bits per heavy atom. The van der Waals surface area contributed by atoms with Gasteiger partial charge in [-0.05, 0) is 31.5 Å². The summed E-state index contributed by atoms with van der Waals surface area (Å²) >= 11 is 0. The summed E-state index contributed by atoms with van der Waals surface area (Å²) in [6.07, 6.45) is 1.70. The number of hydrogen-bond donors (Lipinski definition) is 1. The van der Waals surface area contributed by atoms with Crippen molar-refractivity contribution in [2.24, 2.45) is 0 Å². The molecule has 1 rings (SSSR count). The summed E-state index contributed by atoms with van der Waals surface area (Å²) in [6, 6.07) is 7.73. The quantitative estimate of drug-likeness (QED) is 0.769. The van der Waals surface area contributed by atoms with Crippen molar-refractivity contribution in [2.75, 3.05) is 30.9 Å². The molecule has 0 heterocycles. The van der Waals surface area contributed by atoms with Crippen LogP contribution in [0.2, 0.25) is 0 Å². The van der Waals surface area contributed by atoms with Gasteiger partial charge in [-0.2, -0.15) is 0 Å². The minimum atomic E-state index is -0.276. The van der Waals surface area contributed by atoms with E-state index in [1.54, 1.807) is 0 Å². The third-order valence-electron chi connectivity index (χ3n) is 2.85. The van der Waals surface area contributed by atoms with Gasteiger partial charge in [-0.1, -0.05) is 19.4 Å². The molecular formula is C15H24N2O2. The van der Waals surface area contributed by atoms with Gasteiger partial charge >= 0.3 is 5.97 Å². The van der Waals surface area contributed by atoms with Crippen LogP contribution in [0.25, 0.3) is 0 Å². The fourth-order valence-electron chi connectivity index (χ4n) is 1.86. The predicted molar refractivity (Wildman–Crippen MR) is 79.7 cm³/mol. The molecule has 1 atom stereocenters. The first-order chi connectivity index (χ1) is 9.08. The Balaban J connectivity index is 2.78. The number of benzene rings is 1. The van der Waals surface area contributed by atoms with Crippen LogP contribution in [0.1, 0.15) is 26.7 Å². The van der Waals surface area contributed by atoms with Crippen molar-refractivity contribution in [3.05, 3.63) is 24.3 Å². The van der Waals surface area contributed by atoms with E-state index >= 15 is 0 Å². The Kier molecular flexibility index (Phi) is 6.19. The summed E-state index contributed by atoms with van der Waals surface area (Å²) < 4.78 is 5.09. The molecule has 0 aromatic heterocycles. The summed E-state index contributed by atoms with van der Waals surface area (Å²) in [6.45, 7) is 4.30. The third kappa shape index (κ3) is 4.81. The van der Waals surface area contributed by atoms with Gasteiger partial charge in [0.2, 0.25) is 0 Å². The van der Waals surface area contributed by atoms with Crippen molar-refractivity contribution < 1.29 is 9.53 Å². The van der Waals surface area contributed by atoms with E-state index in [2.05, 4.69) is 12.2 Å². The summed E-state index contributed by atoms with van der Waals surface area (Å²) in [4.78, 5) is 13.9. The second-order valence-corrected chi connectivity index (χ2v) is 4.68. The minimum Gasteiger partial charge on any atom is -0.464 e. The van der Waals surface area contributed by atoms with Crippen molar-refractivity contribution in [1.29, 1.82) is 0 Å². The standard InChI is InChI=1S/C15H24N2O2/c1-5-8-14(15(18)19-6-2)16-12-9-7-10-13(11-12)17(3)4/h7,9-11,14,16H,5-6,8H2,1-4H3. The largest absolute Gasteiger partial charge is 0.464 e. The molecule has 106 valence electrons. The van der Waals surface area contributed by atoms with Crippen molar-refractivity contribution >= 4 is 17.3 Å². The molecule has 0 radical (unpaired) electrons. The molecule has 4 nitrogen and oxygen atoms in total. The lowest BCUT2D eigenvalue weighted by atomic mass is 10.1. The lowest BCUT2D eigenvalue weighted by molar-refractivity contribution is -0.144. The van der Waals surface area contributed by atoms with Gasteiger partial charge < -0.3 is 15.0 Å². The average molecular weight is 264 g/mol. The molecule has 19 heavy (non-hydrogen) atoms. The maximum atomic E-state index is 11.9. The zero-order valence-electron chi connectivity index (χ0n) is 12.3. The molecule has 0 aliphatic rings. The van der Waals surface area contributed by atoms with Crippen LogP contribution in [0, 0.1) is 0 Å². The van der Waals surface area contributed by atoms with Gasteiger partial charge in [-0.15, -0.1) is 0 Å². The van der Waals surface area contributed by atoms with Crippen molar-refractivity contribution in [1.82, 2.24) is 0 Å². The Labute approximate surface area is 115 Å². The summed E-state index contributed by atoms with van der Waals surface area (Å²) in [5.74, 6) is -0.181. The van der Waals surface area contributed by atoms with Crippen LogP contribution in [0.3, 0.4) is 0 Å². The van der Waals surface area contributed by atoms with E-state index in [0.717, 1.165) is 24.2 Å². The third-order valence-corrected chi connectivity index (χ3v) is 2.85. The highest BCUT2D eigenvalue weighted by molar-refractivity contribution is 5.79. The molecule has 1 unspecified atom stereocenters. The van der Waals surface area contributed by atoms with Gasteiger partial charge in [-0.3, -0.25) is 0 Å². The number of carbonyl (C=O) groups is 1. The normalized spacial score (nSPS) is 11.8. The van der Waals surface area contributed by atoms with Gasteiger partial charge in [-0.25, -0.2) is 4.79 Å². The second kappa shape index (κ2) is 7.67. The van der Waals surface area contributed by atoms with Gasteiger partial charge in [0.05, 0.1) is 6.61 Å². The van der Waals surface area contributed by atoms with Crippen LogP contribution >= 0.6 is 0 Å². The van der Waals surface area contributed by atoms with Crippen molar-refractivity contribution in [3.63, 3.8) is 0 Å². The zero-order chi connectivity index (χ0) is 14.3. The van der Waals surface area contributed by atoms with Crippen molar-refractivity contribution in [3.8, 4) is 0 Å². The maximum absolute atomic E-state index is 11.9. The van der Waals surface area contributed by atoms with E-state index in [0.29, 0.717) is 6.61 Å². The highest BCUT2D eigenvalue weighted by atomic mass is 16.5. The first-order valence-electron chi connectivity index (χ1n) is 6.79. The molecule has 4 heteroatoms. The predicted octanol–water partition coefficient (Wildman–Crippen LogP) is 2.90. The topological polar surface area (TPSA) is 41.6 Å². The van der Waals surface area contributed by atoms with Gasteiger partial charge in [0.15, 0.2) is 0 Å². The van der Waals surface area contributed by atoms with Crippen LogP contribution in [-0.4, -0.2) is 32.7 Å². The van der Waals surface area contributed by atoms with Gasteiger partial charge in [0.1, 0.15) is 6.04 Å². The molecule has 1 aromatic rings. The molecule has 0 bridgehead atoms. The number of hydrogen-bond acceptors (Lipinski definition) is 4. The molecule has 0 saturated heterocycles. The molecule has 0 fully saturated rings. The monoisotopic (exact) mass is 264 g/mol. The Hall–Kier alpha value is -1.71. The maximum Gasteiger partial charge on any atom is 0.328 e. The van der Waals surface area contributed by atoms with E-state index < -0.39 is 0 Å². The fourth-order valence-corrected chi connectivity index (χ4v) is 1.86. The number of carbonyl (C=O) groups excluding carboxylic acids is 1. The first kappa shape index (κ1) is 15.3. The summed E-state index contributed by atoms with van der Waals surface area (Å²) in [5, 5.41) is 3.26. The molecule has 0 saturated carbocycles. The number of nitrogens with zero attached hydrogens (tertiary/aromatic N) is 1. The van der Waals surface area contributed by atoms with E-state index in [4.69, 9.17) is 4.74 Å². The molecule has 0 aliphatic carbocycles. The SMILES string of the molecule is CCCC(Nc1cccc(N(C)C)c1)C(=O)OCC. The van der Waals surface area contributed by atoms with Crippen LogP contribution < -0.4 is 10.2 Å². The summed E-state index contributed by atoms with van der Waals surface area (Å²) in [7, 11) is 3.99. The van der Waals surface area contributed by atoms with E-state index in [1.165, 1.54) is 0 Å². The number of nitrogens with one attached hydrogen (secondary N) is 1. The van der Waals surface area contributed by atoms with Gasteiger partial charge in [0, 0.05) is 25.5 Å². The number of rotatable bonds is 7. The number of ether oxygens (including phenoxy) is 1. The van der Waals surface area contributed by atoms with E-state index in [-0.39, 0.29) is 12.0 Å². The highest BCUT2D eigenvalue weighted by Gasteiger charge is 2.18. The van der Waals surface area contributed by atoms with E-state index in [9.17, 15) is 4.79 Å². The Morgan fingerprint density at radius 2 is 2.11 bits per heavy atom. The fraction of sp³-hybridized carbons (Fsp3) is 0.533. The van der Waals surface area contributed by atoms with Crippen LogP contribution in [0.4, 0.5) is 11.4 Å². The molecule has 1 N–H and O–H groups in total. The Bertz CT molecular complexity index is 405. The Morgan fingerprint density at radius 1 is 1.37 bits per heavy atom. The molecule has 1 aromatic carbocycles. The first-order valence-corrected chi connectivity index (χ1v) is 6.79. The highest BCUT2D eigenvalue weighted by Crippen LogP contribution is 2.19. The number of anilines is 2. The second-order valence-electron chi connectivity index (χ2n) is 4.68. The van der Waals surface area contributed by atoms with Crippen LogP contribution in [-0.2, 0) is 9.53 Å². The lowest BCUT2D eigenvalue weighted by Gasteiger charge is -2.19. The van der Waals surface area contributed by atoms with Crippen molar-refractivity contribution in [2.45, 2.75) is 32.7 Å². The van der Waals surface area contributed by atoms with Crippen LogP contribution in [0.15, 0.2) is 24.3 Å². The summed E-state index contributed by atoms with van der Waals surface area (Å²) in [5.41, 5.74) is 2.04. The lowest BCUT2D eigenvalue weighted by Crippen LogP contribution is -2.31. The minimum absolute atomic E-state index is 0.181. The smallest absolute Gasteiger partial charge is 0.328 e. The van der Waals surface area contributed by atoms with Gasteiger partial charge in [0.25, 0.3) is 0 Å². The molecule has 0 spiro atoms. The number of esters is 1. The van der Waals surface area contributed by atoms with Crippen LogP contribution in [0.5, 0.6) is 0 Å². The van der Waals surface area contributed by atoms with E-state index in [1.807, 2.05) is 50.2 Å². The molecule has 0 amide bonds. The average Bonchev–Trinajstić information content (AvgIpc) is 2.39. The molecule has 0 aliphatic heterocycles.